The largest absolute Gasteiger partial charge is 0.361 e. The van der Waals surface area contributed by atoms with Crippen LogP contribution < -0.4 is 0 Å². The number of aromatic amines is 1. The van der Waals surface area contributed by atoms with Crippen molar-refractivity contribution in [3.05, 3.63) is 60.3 Å². The average molecular weight is 221 g/mol. The van der Waals surface area contributed by atoms with Gasteiger partial charge in [0.2, 0.25) is 0 Å². The Morgan fingerprint density at radius 2 is 1.76 bits per heavy atom. The fourth-order valence-electron chi connectivity index (χ4n) is 2.09. The third-order valence-corrected chi connectivity index (χ3v) is 2.93. The molecule has 2 nitrogen and oxygen atoms in total. The molecular weight excluding hydrogens is 210 g/mol. The lowest BCUT2D eigenvalue weighted by Gasteiger charge is -2.03. The normalized spacial score (nSPS) is 10.6. The third kappa shape index (κ3) is 1.64. The van der Waals surface area contributed by atoms with Crippen LogP contribution in [0.4, 0.5) is 0 Å². The fourth-order valence-corrected chi connectivity index (χ4v) is 2.09. The van der Waals surface area contributed by atoms with Gasteiger partial charge in [0.05, 0.1) is 0 Å². The molecule has 3 rings (SSSR count). The monoisotopic (exact) mass is 221 g/mol. The van der Waals surface area contributed by atoms with E-state index in [4.69, 9.17) is 0 Å². The summed E-state index contributed by atoms with van der Waals surface area (Å²) in [6.07, 6.45) is 2.76. The number of fused-ring (bicyclic) bond motifs is 1. The zero-order chi connectivity index (χ0) is 11.7. The van der Waals surface area contributed by atoms with Crippen molar-refractivity contribution < 1.29 is 4.79 Å². The molecule has 17 heavy (non-hydrogen) atoms. The summed E-state index contributed by atoms with van der Waals surface area (Å²) in [6.45, 7) is 0. The van der Waals surface area contributed by atoms with Crippen molar-refractivity contribution in [2.75, 3.05) is 0 Å². The minimum absolute atomic E-state index is 0.725. The van der Waals surface area contributed by atoms with Gasteiger partial charge in [-0.1, -0.05) is 30.3 Å². The summed E-state index contributed by atoms with van der Waals surface area (Å²) in [5, 5.41) is 0.972. The van der Waals surface area contributed by atoms with E-state index in [-0.39, 0.29) is 0 Å². The first-order valence-corrected chi connectivity index (χ1v) is 5.50. The molecule has 0 fully saturated rings. The molecule has 1 N–H and O–H groups in total. The molecule has 0 bridgehead atoms. The Morgan fingerprint density at radius 1 is 0.941 bits per heavy atom. The maximum Gasteiger partial charge on any atom is 0.150 e. The smallest absolute Gasteiger partial charge is 0.150 e. The molecule has 0 aliphatic rings. The number of hydrogen-bond donors (Lipinski definition) is 1. The first-order chi connectivity index (χ1) is 8.38. The number of carbonyl (C=O) groups excluding carboxylic acids is 1. The lowest BCUT2D eigenvalue weighted by molar-refractivity contribution is 0.112. The van der Waals surface area contributed by atoms with Crippen molar-refractivity contribution in [1.82, 2.24) is 4.98 Å². The predicted octanol–water partition coefficient (Wildman–Crippen LogP) is 3.65. The number of H-pyrrole nitrogens is 1. The molecule has 0 spiro atoms. The van der Waals surface area contributed by atoms with Gasteiger partial charge in [-0.2, -0.15) is 0 Å². The fraction of sp³-hybridized carbons (Fsp3) is 0. The van der Waals surface area contributed by atoms with Gasteiger partial charge < -0.3 is 4.98 Å². The predicted molar refractivity (Wildman–Crippen MR) is 69.1 cm³/mol. The Hall–Kier alpha value is -2.35. The topological polar surface area (TPSA) is 32.9 Å². The zero-order valence-electron chi connectivity index (χ0n) is 9.18. The molecule has 0 aliphatic carbocycles. The van der Waals surface area contributed by atoms with E-state index >= 15 is 0 Å². The second-order valence-corrected chi connectivity index (χ2v) is 3.99. The molecule has 0 atom stereocenters. The van der Waals surface area contributed by atoms with Crippen molar-refractivity contribution in [3.8, 4) is 11.1 Å². The van der Waals surface area contributed by atoms with Crippen molar-refractivity contribution in [3.63, 3.8) is 0 Å². The van der Waals surface area contributed by atoms with Crippen LogP contribution >= 0.6 is 0 Å². The molecule has 1 heterocycles. The maximum atomic E-state index is 11.1. The molecule has 0 radical (unpaired) electrons. The van der Waals surface area contributed by atoms with Crippen molar-refractivity contribution >= 4 is 17.2 Å². The van der Waals surface area contributed by atoms with Crippen LogP contribution in [0.5, 0.6) is 0 Å². The van der Waals surface area contributed by atoms with Gasteiger partial charge in [-0.05, 0) is 29.3 Å². The van der Waals surface area contributed by atoms with Gasteiger partial charge in [-0.3, -0.25) is 4.79 Å². The summed E-state index contributed by atoms with van der Waals surface area (Å²) in [7, 11) is 0. The van der Waals surface area contributed by atoms with Crippen LogP contribution in [0.3, 0.4) is 0 Å². The van der Waals surface area contributed by atoms with Crippen molar-refractivity contribution in [1.29, 1.82) is 0 Å². The average Bonchev–Trinajstić information content (AvgIpc) is 2.86. The summed E-state index contributed by atoms with van der Waals surface area (Å²) in [5.74, 6) is 0. The van der Waals surface area contributed by atoms with Crippen LogP contribution in [0.1, 0.15) is 10.4 Å². The molecule has 0 amide bonds. The minimum Gasteiger partial charge on any atom is -0.361 e. The van der Waals surface area contributed by atoms with E-state index in [1.54, 1.807) is 0 Å². The van der Waals surface area contributed by atoms with Gasteiger partial charge in [0.1, 0.15) is 0 Å². The Morgan fingerprint density at radius 3 is 2.53 bits per heavy atom. The summed E-state index contributed by atoms with van der Waals surface area (Å²) in [5.41, 5.74) is 3.89. The van der Waals surface area contributed by atoms with E-state index < -0.39 is 0 Å². The Kier molecular flexibility index (Phi) is 2.26. The lowest BCUT2D eigenvalue weighted by Crippen LogP contribution is -1.85. The van der Waals surface area contributed by atoms with E-state index in [0.717, 1.165) is 33.9 Å². The molecule has 2 aromatic carbocycles. The van der Waals surface area contributed by atoms with Crippen LogP contribution in [0.15, 0.2) is 54.7 Å². The molecule has 0 saturated heterocycles. The molecular formula is C15H11NO. The first-order valence-electron chi connectivity index (χ1n) is 5.50. The van der Waals surface area contributed by atoms with Crippen molar-refractivity contribution in [2.24, 2.45) is 0 Å². The maximum absolute atomic E-state index is 11.1. The zero-order valence-corrected chi connectivity index (χ0v) is 9.18. The highest BCUT2D eigenvalue weighted by Crippen LogP contribution is 2.26. The van der Waals surface area contributed by atoms with E-state index in [1.807, 2.05) is 48.7 Å². The van der Waals surface area contributed by atoms with Crippen molar-refractivity contribution in [2.45, 2.75) is 0 Å². The van der Waals surface area contributed by atoms with Gasteiger partial charge in [0.25, 0.3) is 0 Å². The standard InChI is InChI=1S/C15H11NO/c17-10-13-8-12(11-4-2-1-3-5-11)9-15-14(13)6-7-16-15/h1-10,16H. The molecule has 2 heteroatoms. The Balaban J connectivity index is 2.28. The number of carbonyl (C=O) groups is 1. The highest BCUT2D eigenvalue weighted by molar-refractivity contribution is 5.99. The quantitative estimate of drug-likeness (QED) is 0.658. The molecule has 1 aromatic heterocycles. The number of aldehydes is 1. The number of aromatic nitrogens is 1. The van der Waals surface area contributed by atoms with E-state index in [9.17, 15) is 4.79 Å². The van der Waals surface area contributed by atoms with Crippen LogP contribution in [0, 0.1) is 0 Å². The summed E-state index contributed by atoms with van der Waals surface area (Å²) < 4.78 is 0. The van der Waals surface area contributed by atoms with E-state index in [0.29, 0.717) is 0 Å². The van der Waals surface area contributed by atoms with Gasteiger partial charge in [-0.25, -0.2) is 0 Å². The van der Waals surface area contributed by atoms with Crippen LogP contribution in [-0.4, -0.2) is 11.3 Å². The first kappa shape index (κ1) is 9.85. The van der Waals surface area contributed by atoms with Gasteiger partial charge in [0, 0.05) is 22.7 Å². The van der Waals surface area contributed by atoms with Gasteiger partial charge >= 0.3 is 0 Å². The highest BCUT2D eigenvalue weighted by Gasteiger charge is 2.05. The van der Waals surface area contributed by atoms with Gasteiger partial charge in [-0.15, -0.1) is 0 Å². The highest BCUT2D eigenvalue weighted by atomic mass is 16.1. The van der Waals surface area contributed by atoms with E-state index in [2.05, 4.69) is 11.1 Å². The molecule has 0 aliphatic heterocycles. The van der Waals surface area contributed by atoms with Gasteiger partial charge in [0.15, 0.2) is 6.29 Å². The Bertz CT molecular complexity index is 668. The number of nitrogens with one attached hydrogen (secondary N) is 1. The summed E-state index contributed by atoms with van der Waals surface area (Å²) in [4.78, 5) is 14.2. The van der Waals surface area contributed by atoms with E-state index in [1.165, 1.54) is 0 Å². The molecule has 3 aromatic rings. The van der Waals surface area contributed by atoms with Crippen LogP contribution in [-0.2, 0) is 0 Å². The number of rotatable bonds is 2. The third-order valence-electron chi connectivity index (χ3n) is 2.93. The second kappa shape index (κ2) is 3.91. The number of benzene rings is 2. The second-order valence-electron chi connectivity index (χ2n) is 3.99. The number of hydrogen-bond acceptors (Lipinski definition) is 1. The summed E-state index contributed by atoms with van der Waals surface area (Å²) >= 11 is 0. The van der Waals surface area contributed by atoms with Crippen LogP contribution in [0.2, 0.25) is 0 Å². The summed E-state index contributed by atoms with van der Waals surface area (Å²) in [6, 6.07) is 16.0. The Labute approximate surface area is 98.9 Å². The molecule has 0 saturated carbocycles. The lowest BCUT2D eigenvalue weighted by atomic mass is 10.0. The molecule has 82 valence electrons. The minimum atomic E-state index is 0.725. The van der Waals surface area contributed by atoms with Crippen LogP contribution in [0.25, 0.3) is 22.0 Å². The SMILES string of the molecule is O=Cc1cc(-c2ccccc2)cc2[nH]ccc12. The molecule has 0 unspecified atom stereocenters.